The zero-order chi connectivity index (χ0) is 15.7. The Morgan fingerprint density at radius 1 is 1.45 bits per heavy atom. The summed E-state index contributed by atoms with van der Waals surface area (Å²) in [5, 5.41) is 3.70. The molecule has 0 unspecified atom stereocenters. The Morgan fingerprint density at radius 3 is 2.82 bits per heavy atom. The first-order valence-corrected chi connectivity index (χ1v) is 8.15. The summed E-state index contributed by atoms with van der Waals surface area (Å²) < 4.78 is 1.52. The van der Waals surface area contributed by atoms with Crippen molar-refractivity contribution in [1.82, 2.24) is 19.9 Å². The molecule has 1 aliphatic rings. The highest BCUT2D eigenvalue weighted by Crippen LogP contribution is 2.38. The van der Waals surface area contributed by atoms with Gasteiger partial charge in [-0.3, -0.25) is 14.2 Å². The Bertz CT molecular complexity index is 761. The molecule has 0 radical (unpaired) electrons. The summed E-state index contributed by atoms with van der Waals surface area (Å²) in [4.78, 5) is 33.2. The van der Waals surface area contributed by atoms with E-state index in [0.29, 0.717) is 23.9 Å². The van der Waals surface area contributed by atoms with Crippen LogP contribution in [-0.2, 0) is 6.54 Å². The number of aromatic nitrogens is 3. The zero-order valence-electron chi connectivity index (χ0n) is 12.6. The van der Waals surface area contributed by atoms with Gasteiger partial charge in [0.05, 0.1) is 22.7 Å². The van der Waals surface area contributed by atoms with Crippen LogP contribution >= 0.6 is 11.3 Å². The summed E-state index contributed by atoms with van der Waals surface area (Å²) in [6, 6.07) is 1.61. The molecule has 2 aromatic heterocycles. The minimum atomic E-state index is -0.140. The van der Waals surface area contributed by atoms with Crippen LogP contribution in [0.2, 0.25) is 0 Å². The fraction of sp³-hybridized carbons (Fsp3) is 0.467. The molecule has 7 heteroatoms. The van der Waals surface area contributed by atoms with E-state index >= 15 is 0 Å². The van der Waals surface area contributed by atoms with Crippen LogP contribution in [-0.4, -0.2) is 27.0 Å². The lowest BCUT2D eigenvalue weighted by Crippen LogP contribution is -2.30. The third-order valence-electron chi connectivity index (χ3n) is 3.64. The van der Waals surface area contributed by atoms with Crippen molar-refractivity contribution in [1.29, 1.82) is 0 Å². The molecule has 0 saturated heterocycles. The molecule has 0 aromatic carbocycles. The first-order valence-electron chi connectivity index (χ1n) is 7.33. The number of rotatable bonds is 5. The lowest BCUT2D eigenvalue weighted by Gasteiger charge is -2.07. The van der Waals surface area contributed by atoms with Gasteiger partial charge in [0.15, 0.2) is 0 Å². The van der Waals surface area contributed by atoms with Gasteiger partial charge in [-0.25, -0.2) is 9.97 Å². The largest absolute Gasteiger partial charge is 0.349 e. The van der Waals surface area contributed by atoms with Crippen molar-refractivity contribution < 1.29 is 4.79 Å². The summed E-state index contributed by atoms with van der Waals surface area (Å²) in [6.07, 6.45) is 3.82. The summed E-state index contributed by atoms with van der Waals surface area (Å²) in [7, 11) is 0. The standard InChI is InChI=1S/C15H18N4O2S/c1-9-14(22-10(2)18-9)15(21)16-5-6-19-8-17-12(7-13(19)20)11-3-4-11/h7-8,11H,3-6H2,1-2H3,(H,16,21). The van der Waals surface area contributed by atoms with E-state index in [-0.39, 0.29) is 11.5 Å². The molecule has 6 nitrogen and oxygen atoms in total. The molecule has 0 atom stereocenters. The number of hydrogen-bond acceptors (Lipinski definition) is 5. The highest BCUT2D eigenvalue weighted by atomic mass is 32.1. The van der Waals surface area contributed by atoms with Crippen LogP contribution in [0, 0.1) is 13.8 Å². The van der Waals surface area contributed by atoms with E-state index in [1.54, 1.807) is 12.4 Å². The lowest BCUT2D eigenvalue weighted by atomic mass is 10.3. The van der Waals surface area contributed by atoms with Gasteiger partial charge < -0.3 is 5.32 Å². The van der Waals surface area contributed by atoms with Gasteiger partial charge in [-0.15, -0.1) is 11.3 Å². The normalized spacial score (nSPS) is 14.1. The number of amides is 1. The molecule has 1 aliphatic carbocycles. The van der Waals surface area contributed by atoms with E-state index in [9.17, 15) is 9.59 Å². The fourth-order valence-electron chi connectivity index (χ4n) is 2.32. The van der Waals surface area contributed by atoms with E-state index < -0.39 is 0 Å². The van der Waals surface area contributed by atoms with E-state index in [1.165, 1.54) is 15.9 Å². The number of aryl methyl sites for hydroxylation is 2. The second-order valence-corrected chi connectivity index (χ2v) is 6.73. The molecule has 1 fully saturated rings. The smallest absolute Gasteiger partial charge is 0.263 e. The van der Waals surface area contributed by atoms with Crippen molar-refractivity contribution in [2.24, 2.45) is 0 Å². The predicted molar refractivity (Wildman–Crippen MR) is 84.4 cm³/mol. The highest BCUT2D eigenvalue weighted by Gasteiger charge is 2.25. The Balaban J connectivity index is 1.57. The molecule has 1 amide bonds. The minimum absolute atomic E-state index is 0.0593. The third-order valence-corrected chi connectivity index (χ3v) is 4.72. The highest BCUT2D eigenvalue weighted by molar-refractivity contribution is 7.13. The van der Waals surface area contributed by atoms with Crippen molar-refractivity contribution in [2.75, 3.05) is 6.54 Å². The fourth-order valence-corrected chi connectivity index (χ4v) is 3.16. The summed E-state index contributed by atoms with van der Waals surface area (Å²) in [5.74, 6) is 0.332. The van der Waals surface area contributed by atoms with Crippen LogP contribution in [0.1, 0.15) is 44.8 Å². The monoisotopic (exact) mass is 318 g/mol. The summed E-state index contributed by atoms with van der Waals surface area (Å²) >= 11 is 1.38. The van der Waals surface area contributed by atoms with Gasteiger partial charge in [0.1, 0.15) is 4.88 Å². The molecular weight excluding hydrogens is 300 g/mol. The van der Waals surface area contributed by atoms with Crippen LogP contribution < -0.4 is 10.9 Å². The maximum Gasteiger partial charge on any atom is 0.263 e. The van der Waals surface area contributed by atoms with Crippen molar-refractivity contribution >= 4 is 17.2 Å². The Kier molecular flexibility index (Phi) is 4.06. The van der Waals surface area contributed by atoms with Gasteiger partial charge in [-0.1, -0.05) is 0 Å². The zero-order valence-corrected chi connectivity index (χ0v) is 13.4. The number of carbonyl (C=O) groups is 1. The van der Waals surface area contributed by atoms with E-state index in [2.05, 4.69) is 15.3 Å². The van der Waals surface area contributed by atoms with Gasteiger partial charge in [0, 0.05) is 25.1 Å². The average Bonchev–Trinajstić information content (AvgIpc) is 3.25. The minimum Gasteiger partial charge on any atom is -0.349 e. The maximum atomic E-state index is 12.1. The molecule has 116 valence electrons. The quantitative estimate of drug-likeness (QED) is 0.909. The molecule has 2 heterocycles. The van der Waals surface area contributed by atoms with Crippen molar-refractivity contribution in [3.8, 4) is 0 Å². The van der Waals surface area contributed by atoms with Crippen LogP contribution in [0.15, 0.2) is 17.2 Å². The van der Waals surface area contributed by atoms with Gasteiger partial charge in [0.2, 0.25) is 0 Å². The molecule has 3 rings (SSSR count). The van der Waals surface area contributed by atoms with Crippen LogP contribution in [0.3, 0.4) is 0 Å². The van der Waals surface area contributed by atoms with E-state index in [4.69, 9.17) is 0 Å². The van der Waals surface area contributed by atoms with Crippen LogP contribution in [0.5, 0.6) is 0 Å². The molecule has 22 heavy (non-hydrogen) atoms. The van der Waals surface area contributed by atoms with Crippen LogP contribution in [0.25, 0.3) is 0 Å². The number of hydrogen-bond donors (Lipinski definition) is 1. The summed E-state index contributed by atoms with van der Waals surface area (Å²) in [5.41, 5.74) is 1.57. The number of carbonyl (C=O) groups excluding carboxylic acids is 1. The number of nitrogens with one attached hydrogen (secondary N) is 1. The first-order chi connectivity index (χ1) is 10.5. The lowest BCUT2D eigenvalue weighted by molar-refractivity contribution is 0.0955. The Morgan fingerprint density at radius 2 is 2.23 bits per heavy atom. The number of thiazole rings is 1. The van der Waals surface area contributed by atoms with Gasteiger partial charge >= 0.3 is 0 Å². The second kappa shape index (κ2) is 6.00. The average molecular weight is 318 g/mol. The Labute approximate surface area is 132 Å². The molecule has 1 saturated carbocycles. The van der Waals surface area contributed by atoms with Gasteiger partial charge in [0.25, 0.3) is 11.5 Å². The van der Waals surface area contributed by atoms with Crippen LogP contribution in [0.4, 0.5) is 0 Å². The third kappa shape index (κ3) is 3.24. The second-order valence-electron chi connectivity index (χ2n) is 5.52. The molecule has 1 N–H and O–H groups in total. The van der Waals surface area contributed by atoms with Gasteiger partial charge in [-0.05, 0) is 26.7 Å². The predicted octanol–water partition coefficient (Wildman–Crippen LogP) is 1.62. The van der Waals surface area contributed by atoms with Crippen molar-refractivity contribution in [2.45, 2.75) is 39.2 Å². The molecular formula is C15H18N4O2S. The van der Waals surface area contributed by atoms with Crippen molar-refractivity contribution in [3.63, 3.8) is 0 Å². The van der Waals surface area contributed by atoms with Gasteiger partial charge in [-0.2, -0.15) is 0 Å². The molecule has 2 aromatic rings. The first kappa shape index (κ1) is 14.9. The van der Waals surface area contributed by atoms with Crippen molar-refractivity contribution in [3.05, 3.63) is 44.0 Å². The molecule has 0 spiro atoms. The molecule has 0 aliphatic heterocycles. The maximum absolute atomic E-state index is 12.1. The van der Waals surface area contributed by atoms with E-state index in [1.807, 2.05) is 13.8 Å². The summed E-state index contributed by atoms with van der Waals surface area (Å²) in [6.45, 7) is 4.50. The van der Waals surface area contributed by atoms with E-state index in [0.717, 1.165) is 29.2 Å². The SMILES string of the molecule is Cc1nc(C)c(C(=O)NCCn2cnc(C3CC3)cc2=O)s1. The Hall–Kier alpha value is -2.02. The number of nitrogens with zero attached hydrogens (tertiary/aromatic N) is 3. The molecule has 0 bridgehead atoms. The topological polar surface area (TPSA) is 76.9 Å².